The maximum atomic E-state index is 11.0. The first-order valence-electron chi connectivity index (χ1n) is 7.06. The van der Waals surface area contributed by atoms with Crippen molar-refractivity contribution in [2.24, 2.45) is 0 Å². The van der Waals surface area contributed by atoms with E-state index in [0.29, 0.717) is 12.1 Å². The minimum atomic E-state index is -4.72. The van der Waals surface area contributed by atoms with Gasteiger partial charge < -0.3 is 25.7 Å². The smallest absolute Gasteiger partial charge is 0.298 e. The van der Waals surface area contributed by atoms with Gasteiger partial charge in [-0.2, -0.15) is 16.8 Å². The molecule has 0 fully saturated rings. The second kappa shape index (κ2) is 7.21. The maximum Gasteiger partial charge on any atom is 0.298 e. The van der Waals surface area contributed by atoms with Crippen LogP contribution < -0.4 is 5.32 Å². The minimum absolute atomic E-state index is 0.0539. The second-order valence-corrected chi connectivity index (χ2v) is 8.23. The van der Waals surface area contributed by atoms with Crippen molar-refractivity contribution in [3.05, 3.63) is 35.4 Å². The largest absolute Gasteiger partial charge is 0.508 e. The van der Waals surface area contributed by atoms with Gasteiger partial charge in [-0.15, -0.1) is 0 Å². The fourth-order valence-corrected chi connectivity index (χ4v) is 3.40. The molecule has 0 aliphatic carbocycles. The quantitative estimate of drug-likeness (QED) is 0.249. The highest BCUT2D eigenvalue weighted by Crippen LogP contribution is 2.32. The lowest BCUT2D eigenvalue weighted by atomic mass is 10.1. The van der Waals surface area contributed by atoms with Crippen molar-refractivity contribution in [1.29, 1.82) is 0 Å². The molecule has 13 heteroatoms. The highest BCUT2D eigenvalue weighted by atomic mass is 32.2. The molecule has 0 saturated carbocycles. The third kappa shape index (κ3) is 4.78. The van der Waals surface area contributed by atoms with Crippen molar-refractivity contribution >= 4 is 20.2 Å². The topological polar surface area (TPSA) is 202 Å². The van der Waals surface area contributed by atoms with Crippen molar-refractivity contribution < 1.29 is 46.4 Å². The van der Waals surface area contributed by atoms with Gasteiger partial charge in [0.05, 0.1) is 0 Å². The normalized spacial score (nSPS) is 12.2. The highest BCUT2D eigenvalue weighted by Gasteiger charge is 2.20. The summed E-state index contributed by atoms with van der Waals surface area (Å²) >= 11 is 0. The van der Waals surface area contributed by atoms with E-state index in [1.165, 1.54) is 0 Å². The molecule has 0 unspecified atom stereocenters. The predicted molar refractivity (Wildman–Crippen MR) is 89.7 cm³/mol. The summed E-state index contributed by atoms with van der Waals surface area (Å²) in [5.74, 6) is -2.65. The molecular formula is C14H15NO10S2. The number of hydrogen-bond donors (Lipinski definition) is 7. The van der Waals surface area contributed by atoms with Gasteiger partial charge in [-0.1, -0.05) is 0 Å². The Labute approximate surface area is 153 Å². The van der Waals surface area contributed by atoms with Gasteiger partial charge in [0.1, 0.15) is 32.8 Å². The Kier molecular flexibility index (Phi) is 5.53. The van der Waals surface area contributed by atoms with Crippen LogP contribution in [-0.4, -0.2) is 46.4 Å². The van der Waals surface area contributed by atoms with Gasteiger partial charge in [-0.3, -0.25) is 9.11 Å². The van der Waals surface area contributed by atoms with Gasteiger partial charge in [0.15, 0.2) is 0 Å². The summed E-state index contributed by atoms with van der Waals surface area (Å²) in [5.41, 5.74) is 0.108. The summed E-state index contributed by atoms with van der Waals surface area (Å²) in [5, 5.41) is 41.5. The SMILES string of the molecule is O=S(=O)(O)c1cc(O)c(CNCc2cc(O)c(S(=O)(=O)O)cc2O)cc1O. The Morgan fingerprint density at radius 3 is 1.26 bits per heavy atom. The van der Waals surface area contributed by atoms with Gasteiger partial charge in [-0.05, 0) is 12.1 Å². The number of phenols is 4. The molecule has 0 amide bonds. The fourth-order valence-electron chi connectivity index (χ4n) is 2.23. The van der Waals surface area contributed by atoms with E-state index in [1.54, 1.807) is 0 Å². The molecule has 148 valence electrons. The molecule has 0 spiro atoms. The van der Waals surface area contributed by atoms with Crippen LogP contribution >= 0.6 is 0 Å². The zero-order valence-corrected chi connectivity index (χ0v) is 15.0. The average Bonchev–Trinajstić information content (AvgIpc) is 2.51. The third-order valence-electron chi connectivity index (χ3n) is 3.51. The van der Waals surface area contributed by atoms with Crippen LogP contribution in [0.25, 0.3) is 0 Å². The molecule has 2 aromatic carbocycles. The van der Waals surface area contributed by atoms with Crippen LogP contribution in [0.5, 0.6) is 23.0 Å². The summed E-state index contributed by atoms with van der Waals surface area (Å²) in [7, 11) is -9.45. The van der Waals surface area contributed by atoms with Crippen molar-refractivity contribution in [3.63, 3.8) is 0 Å². The van der Waals surface area contributed by atoms with Crippen molar-refractivity contribution in [1.82, 2.24) is 5.32 Å². The van der Waals surface area contributed by atoms with Crippen LogP contribution in [0.2, 0.25) is 0 Å². The predicted octanol–water partition coefficient (Wildman–Crippen LogP) is 0.292. The molecule has 11 nitrogen and oxygen atoms in total. The molecule has 7 N–H and O–H groups in total. The van der Waals surface area contributed by atoms with Gasteiger partial charge in [0.2, 0.25) is 0 Å². The monoisotopic (exact) mass is 421 g/mol. The van der Waals surface area contributed by atoms with Crippen LogP contribution in [0, 0.1) is 0 Å². The van der Waals surface area contributed by atoms with E-state index >= 15 is 0 Å². The van der Waals surface area contributed by atoms with E-state index in [2.05, 4.69) is 5.32 Å². The fraction of sp³-hybridized carbons (Fsp3) is 0.143. The summed E-state index contributed by atoms with van der Waals surface area (Å²) in [4.78, 5) is -1.74. The number of rotatable bonds is 6. The number of aromatic hydroxyl groups is 4. The van der Waals surface area contributed by atoms with E-state index in [4.69, 9.17) is 9.11 Å². The number of hydrogen-bond acceptors (Lipinski definition) is 9. The first kappa shape index (κ1) is 20.7. The zero-order valence-electron chi connectivity index (χ0n) is 13.4. The number of nitrogens with one attached hydrogen (secondary N) is 1. The van der Waals surface area contributed by atoms with E-state index in [0.717, 1.165) is 12.1 Å². The molecular weight excluding hydrogens is 406 g/mol. The third-order valence-corrected chi connectivity index (χ3v) is 5.27. The van der Waals surface area contributed by atoms with Crippen molar-refractivity contribution in [2.75, 3.05) is 0 Å². The molecule has 0 bridgehead atoms. The zero-order chi connectivity index (χ0) is 20.6. The average molecular weight is 421 g/mol. The summed E-state index contributed by atoms with van der Waals surface area (Å²) in [6.45, 7) is -0.267. The van der Waals surface area contributed by atoms with Gasteiger partial charge in [0, 0.05) is 36.3 Å². The molecule has 2 aromatic rings. The second-order valence-electron chi connectivity index (χ2n) is 5.45. The molecule has 0 aliphatic heterocycles. The maximum absolute atomic E-state index is 11.0. The first-order valence-corrected chi connectivity index (χ1v) is 9.94. The Morgan fingerprint density at radius 1 is 0.630 bits per heavy atom. The van der Waals surface area contributed by atoms with E-state index in [-0.39, 0.29) is 24.2 Å². The lowest BCUT2D eigenvalue weighted by molar-refractivity contribution is 0.425. The first-order chi connectivity index (χ1) is 12.3. The Morgan fingerprint density at radius 2 is 0.963 bits per heavy atom. The van der Waals surface area contributed by atoms with Crippen LogP contribution in [0.3, 0.4) is 0 Å². The Hall–Kier alpha value is -2.58. The molecule has 27 heavy (non-hydrogen) atoms. The molecule has 0 heterocycles. The van der Waals surface area contributed by atoms with Gasteiger partial charge in [-0.25, -0.2) is 0 Å². The van der Waals surface area contributed by atoms with E-state index in [9.17, 15) is 37.3 Å². The number of phenolic OH excluding ortho intramolecular Hbond substituents is 4. The Bertz CT molecular complexity index is 1010. The molecule has 0 aromatic heterocycles. The molecule has 0 saturated heterocycles. The van der Waals surface area contributed by atoms with Crippen LogP contribution in [0.1, 0.15) is 11.1 Å². The lowest BCUT2D eigenvalue weighted by Gasteiger charge is -2.11. The summed E-state index contributed by atoms with van der Waals surface area (Å²) < 4.78 is 62.0. The van der Waals surface area contributed by atoms with E-state index in [1.807, 2.05) is 0 Å². The Balaban J connectivity index is 2.18. The molecule has 0 atom stereocenters. The van der Waals surface area contributed by atoms with Crippen LogP contribution in [0.4, 0.5) is 0 Å². The standard InChI is InChI=1S/C14H15NO10S2/c16-9-3-13(26(20,21)22)11(18)1-7(9)5-15-6-8-2-12(19)14(4-10(8)17)27(23,24)25/h1-4,15-19H,5-6H2,(H,20,21,22)(H,23,24,25). The number of benzene rings is 2. The van der Waals surface area contributed by atoms with E-state index < -0.39 is 53.0 Å². The highest BCUT2D eigenvalue weighted by molar-refractivity contribution is 7.86. The van der Waals surface area contributed by atoms with Gasteiger partial charge >= 0.3 is 0 Å². The van der Waals surface area contributed by atoms with Crippen molar-refractivity contribution in [3.8, 4) is 23.0 Å². The molecule has 0 aliphatic rings. The minimum Gasteiger partial charge on any atom is -0.508 e. The van der Waals surface area contributed by atoms with Crippen LogP contribution in [-0.2, 0) is 33.3 Å². The van der Waals surface area contributed by atoms with Gasteiger partial charge in [0.25, 0.3) is 20.2 Å². The molecule has 0 radical (unpaired) electrons. The van der Waals surface area contributed by atoms with Crippen LogP contribution in [0.15, 0.2) is 34.1 Å². The molecule has 2 rings (SSSR count). The van der Waals surface area contributed by atoms with Crippen molar-refractivity contribution in [2.45, 2.75) is 22.9 Å². The summed E-state index contributed by atoms with van der Waals surface area (Å²) in [6.07, 6.45) is 0. The lowest BCUT2D eigenvalue weighted by Crippen LogP contribution is -2.13. The summed E-state index contributed by atoms with van der Waals surface area (Å²) in [6, 6.07) is 3.13.